The first-order valence-corrected chi connectivity index (χ1v) is 10.2. The molecule has 0 saturated heterocycles. The van der Waals surface area contributed by atoms with Gasteiger partial charge in [-0.3, -0.25) is 10.1 Å². The van der Waals surface area contributed by atoms with E-state index in [4.69, 9.17) is 27.6 Å². The predicted octanol–water partition coefficient (Wildman–Crippen LogP) is 3.99. The van der Waals surface area contributed by atoms with E-state index >= 15 is 0 Å². The van der Waals surface area contributed by atoms with E-state index < -0.39 is 27.3 Å². The van der Waals surface area contributed by atoms with Crippen molar-refractivity contribution in [3.8, 4) is 11.5 Å². The second-order valence-electron chi connectivity index (χ2n) is 5.61. The number of carbonyl (C=O) groups excluding carboxylic acids is 1. The molecule has 1 heterocycles. The SMILES string of the molecule is O=C(CCS(=O)(=O)c1ccc(F)cc1)Nc1nnc(-c2ccc(Cl)cc2Cl)o1. The molecule has 3 aromatic rings. The van der Waals surface area contributed by atoms with Crippen LogP contribution in [0, 0.1) is 5.82 Å². The van der Waals surface area contributed by atoms with Crippen LogP contribution in [0.4, 0.5) is 10.4 Å². The lowest BCUT2D eigenvalue weighted by Gasteiger charge is -2.04. The summed E-state index contributed by atoms with van der Waals surface area (Å²) in [4.78, 5) is 11.9. The summed E-state index contributed by atoms with van der Waals surface area (Å²) in [6.45, 7) is 0. The molecule has 0 aliphatic carbocycles. The van der Waals surface area contributed by atoms with E-state index in [1.165, 1.54) is 6.07 Å². The van der Waals surface area contributed by atoms with Crippen LogP contribution in [0.1, 0.15) is 6.42 Å². The van der Waals surface area contributed by atoms with Crippen LogP contribution in [-0.4, -0.2) is 30.3 Å². The third-order valence-electron chi connectivity index (χ3n) is 3.60. The highest BCUT2D eigenvalue weighted by Crippen LogP contribution is 2.30. The lowest BCUT2D eigenvalue weighted by atomic mass is 10.2. The Bertz CT molecular complexity index is 1120. The molecule has 0 atom stereocenters. The Labute approximate surface area is 169 Å². The van der Waals surface area contributed by atoms with Gasteiger partial charge >= 0.3 is 6.01 Å². The number of aromatic nitrogens is 2. The van der Waals surface area contributed by atoms with E-state index in [-0.39, 0.29) is 23.2 Å². The van der Waals surface area contributed by atoms with Crippen LogP contribution in [0.15, 0.2) is 51.8 Å². The molecule has 0 aliphatic rings. The minimum atomic E-state index is -3.74. The van der Waals surface area contributed by atoms with Gasteiger partial charge in [0.2, 0.25) is 5.91 Å². The summed E-state index contributed by atoms with van der Waals surface area (Å²) in [7, 11) is -3.74. The number of carbonyl (C=O) groups is 1. The fraction of sp³-hybridized carbons (Fsp3) is 0.118. The van der Waals surface area contributed by atoms with Gasteiger partial charge in [-0.05, 0) is 42.5 Å². The number of nitrogens with zero attached hydrogens (tertiary/aromatic N) is 2. The molecular formula is C17H12Cl2FN3O4S. The lowest BCUT2D eigenvalue weighted by Crippen LogP contribution is -2.17. The zero-order valence-corrected chi connectivity index (χ0v) is 16.4. The Balaban J connectivity index is 1.62. The average Bonchev–Trinajstić information content (AvgIpc) is 3.08. The van der Waals surface area contributed by atoms with Crippen molar-refractivity contribution >= 4 is 45.0 Å². The van der Waals surface area contributed by atoms with E-state index in [0.29, 0.717) is 15.6 Å². The number of sulfone groups is 1. The fourth-order valence-electron chi connectivity index (χ4n) is 2.21. The molecule has 28 heavy (non-hydrogen) atoms. The molecule has 3 rings (SSSR count). The van der Waals surface area contributed by atoms with Crippen LogP contribution >= 0.6 is 23.2 Å². The van der Waals surface area contributed by atoms with Gasteiger partial charge in [0.05, 0.1) is 21.2 Å². The molecule has 11 heteroatoms. The van der Waals surface area contributed by atoms with Gasteiger partial charge in [-0.15, -0.1) is 5.10 Å². The molecule has 146 valence electrons. The summed E-state index contributed by atoms with van der Waals surface area (Å²) in [5.41, 5.74) is 0.429. The van der Waals surface area contributed by atoms with Crippen LogP contribution < -0.4 is 5.32 Å². The summed E-state index contributed by atoms with van der Waals surface area (Å²) in [6.07, 6.45) is -0.348. The standard InChI is InChI=1S/C17H12Cl2FN3O4S/c18-10-1-6-13(14(19)9-10)16-22-23-17(27-16)21-15(24)7-8-28(25,26)12-4-2-11(20)3-5-12/h1-6,9H,7-8H2,(H,21,23,24). The minimum Gasteiger partial charge on any atom is -0.403 e. The third-order valence-corrected chi connectivity index (χ3v) is 5.88. The maximum absolute atomic E-state index is 12.9. The molecule has 7 nitrogen and oxygen atoms in total. The van der Waals surface area contributed by atoms with E-state index in [1.54, 1.807) is 12.1 Å². The molecule has 1 aromatic heterocycles. The highest BCUT2D eigenvalue weighted by Gasteiger charge is 2.18. The Morgan fingerprint density at radius 1 is 1.11 bits per heavy atom. The number of anilines is 1. The summed E-state index contributed by atoms with van der Waals surface area (Å²) >= 11 is 11.9. The van der Waals surface area contributed by atoms with Crippen LogP contribution in [0.2, 0.25) is 10.0 Å². The molecule has 0 unspecified atom stereocenters. The minimum absolute atomic E-state index is 0.0656. The van der Waals surface area contributed by atoms with E-state index in [2.05, 4.69) is 15.5 Å². The topological polar surface area (TPSA) is 102 Å². The second kappa shape index (κ2) is 8.26. The molecule has 0 saturated carbocycles. The molecular weight excluding hydrogens is 432 g/mol. The number of benzene rings is 2. The first-order chi connectivity index (χ1) is 13.2. The molecule has 0 radical (unpaired) electrons. The molecule has 2 aromatic carbocycles. The molecule has 0 spiro atoms. The third kappa shape index (κ3) is 4.86. The molecule has 0 bridgehead atoms. The smallest absolute Gasteiger partial charge is 0.322 e. The summed E-state index contributed by atoms with van der Waals surface area (Å²) in [5.74, 6) is -1.59. The highest BCUT2D eigenvalue weighted by atomic mass is 35.5. The van der Waals surface area contributed by atoms with Gasteiger partial charge in [-0.2, -0.15) is 0 Å². The van der Waals surface area contributed by atoms with Gasteiger partial charge in [0.15, 0.2) is 9.84 Å². The van der Waals surface area contributed by atoms with Gasteiger partial charge in [0.25, 0.3) is 5.89 Å². The fourth-order valence-corrected chi connectivity index (χ4v) is 3.94. The van der Waals surface area contributed by atoms with E-state index in [0.717, 1.165) is 24.3 Å². The van der Waals surface area contributed by atoms with Crippen molar-refractivity contribution in [3.05, 3.63) is 58.3 Å². The number of hydrogen-bond acceptors (Lipinski definition) is 6. The zero-order valence-electron chi connectivity index (χ0n) is 14.0. The Kier molecular flexibility index (Phi) is 5.97. The summed E-state index contributed by atoms with van der Waals surface area (Å²) in [6, 6.07) is 8.83. The van der Waals surface area contributed by atoms with Gasteiger partial charge in [0.1, 0.15) is 5.82 Å². The van der Waals surface area contributed by atoms with Crippen molar-refractivity contribution in [2.75, 3.05) is 11.1 Å². The van der Waals surface area contributed by atoms with Crippen LogP contribution in [-0.2, 0) is 14.6 Å². The zero-order chi connectivity index (χ0) is 20.3. The Hall–Kier alpha value is -2.49. The molecule has 0 aliphatic heterocycles. The lowest BCUT2D eigenvalue weighted by molar-refractivity contribution is -0.115. The highest BCUT2D eigenvalue weighted by molar-refractivity contribution is 7.91. The van der Waals surface area contributed by atoms with Crippen LogP contribution in [0.25, 0.3) is 11.5 Å². The van der Waals surface area contributed by atoms with Gasteiger partial charge in [-0.1, -0.05) is 28.3 Å². The van der Waals surface area contributed by atoms with Gasteiger partial charge < -0.3 is 4.42 Å². The van der Waals surface area contributed by atoms with Gasteiger partial charge in [-0.25, -0.2) is 12.8 Å². The predicted molar refractivity (Wildman–Crippen MR) is 101 cm³/mol. The van der Waals surface area contributed by atoms with Crippen molar-refractivity contribution < 1.29 is 22.0 Å². The van der Waals surface area contributed by atoms with Crippen molar-refractivity contribution in [1.82, 2.24) is 10.2 Å². The Morgan fingerprint density at radius 2 is 1.82 bits per heavy atom. The van der Waals surface area contributed by atoms with E-state index in [1.807, 2.05) is 0 Å². The number of hydrogen-bond donors (Lipinski definition) is 1. The van der Waals surface area contributed by atoms with Crippen LogP contribution in [0.5, 0.6) is 0 Å². The monoisotopic (exact) mass is 443 g/mol. The average molecular weight is 444 g/mol. The van der Waals surface area contributed by atoms with Crippen molar-refractivity contribution in [1.29, 1.82) is 0 Å². The van der Waals surface area contributed by atoms with Crippen molar-refractivity contribution in [2.24, 2.45) is 0 Å². The number of halogens is 3. The number of amides is 1. The summed E-state index contributed by atoms with van der Waals surface area (Å²) in [5, 5.41) is 10.5. The molecule has 0 fully saturated rings. The quantitative estimate of drug-likeness (QED) is 0.577. The maximum atomic E-state index is 12.9. The molecule has 1 amide bonds. The first-order valence-electron chi connectivity index (χ1n) is 7.82. The largest absolute Gasteiger partial charge is 0.403 e. The number of nitrogens with one attached hydrogen (secondary N) is 1. The van der Waals surface area contributed by atoms with Crippen molar-refractivity contribution in [2.45, 2.75) is 11.3 Å². The van der Waals surface area contributed by atoms with E-state index in [9.17, 15) is 17.6 Å². The first kappa shape index (κ1) is 20.2. The van der Waals surface area contributed by atoms with Crippen molar-refractivity contribution in [3.63, 3.8) is 0 Å². The van der Waals surface area contributed by atoms with Gasteiger partial charge in [0, 0.05) is 11.4 Å². The molecule has 1 N–H and O–H groups in total. The number of rotatable bonds is 6. The maximum Gasteiger partial charge on any atom is 0.322 e. The Morgan fingerprint density at radius 3 is 2.50 bits per heavy atom. The normalized spacial score (nSPS) is 11.4. The van der Waals surface area contributed by atoms with Crippen LogP contribution in [0.3, 0.4) is 0 Å². The second-order valence-corrected chi connectivity index (χ2v) is 8.56. The summed E-state index contributed by atoms with van der Waals surface area (Å²) < 4.78 is 42.6.